The minimum Gasteiger partial charge on any atom is -0.354 e. The van der Waals surface area contributed by atoms with Gasteiger partial charge in [0.1, 0.15) is 5.69 Å². The molecule has 0 bridgehead atoms. The van der Waals surface area contributed by atoms with Crippen LogP contribution in [0.2, 0.25) is 0 Å². The van der Waals surface area contributed by atoms with Gasteiger partial charge in [-0.3, -0.25) is 9.69 Å². The fourth-order valence-electron chi connectivity index (χ4n) is 3.92. The van der Waals surface area contributed by atoms with Crippen LogP contribution in [0.25, 0.3) is 11.4 Å². The highest BCUT2D eigenvalue weighted by atomic mass is 19.1. The molecule has 4 rings (SSSR count). The summed E-state index contributed by atoms with van der Waals surface area (Å²) in [6.45, 7) is 6.92. The van der Waals surface area contributed by atoms with Crippen LogP contribution in [0.1, 0.15) is 26.5 Å². The van der Waals surface area contributed by atoms with E-state index in [2.05, 4.69) is 10.4 Å². The molecule has 2 amide bonds. The van der Waals surface area contributed by atoms with Crippen LogP contribution in [0.15, 0.2) is 71.7 Å². The first kappa shape index (κ1) is 23.9. The molecule has 0 radical (unpaired) electrons. The summed E-state index contributed by atoms with van der Waals surface area (Å²) in [5, 5.41) is 14.9. The zero-order valence-electron chi connectivity index (χ0n) is 19.8. The molecule has 35 heavy (non-hydrogen) atoms. The number of amides is 2. The third-order valence-electron chi connectivity index (χ3n) is 5.67. The van der Waals surface area contributed by atoms with Gasteiger partial charge in [0.15, 0.2) is 11.5 Å². The lowest BCUT2D eigenvalue weighted by atomic mass is 10.1. The van der Waals surface area contributed by atoms with Crippen LogP contribution in [0.3, 0.4) is 0 Å². The van der Waals surface area contributed by atoms with Gasteiger partial charge in [-0.25, -0.2) is 13.9 Å². The van der Waals surface area contributed by atoms with Gasteiger partial charge in [-0.05, 0) is 57.2 Å². The number of halogens is 1. The first-order valence-electron chi connectivity index (χ1n) is 11.2. The van der Waals surface area contributed by atoms with Gasteiger partial charge < -0.3 is 15.6 Å². The van der Waals surface area contributed by atoms with Crippen LogP contribution in [-0.2, 0) is 0 Å². The van der Waals surface area contributed by atoms with Crippen molar-refractivity contribution >= 4 is 29.3 Å². The molecule has 3 aromatic rings. The average molecular weight is 475 g/mol. The standard InChI is InChI=1S/C26H27FN6O2/c1-26(2,3)32-16-15-31(25(32)35)19-9-10-22(20(27)17-19)33-14-12-23(34)24(30-33)21(11-13-28)29-18-7-5-4-6-8-18/h4-14,17,28-29H,15-16H2,1-3H3/b21-11-,28-13?. The number of nitrogens with zero attached hydrogens (tertiary/aromatic N) is 4. The van der Waals surface area contributed by atoms with Crippen molar-refractivity contribution < 1.29 is 9.18 Å². The van der Waals surface area contributed by atoms with Crippen molar-refractivity contribution in [3.8, 4) is 5.69 Å². The molecule has 0 unspecified atom stereocenters. The second-order valence-corrected chi connectivity index (χ2v) is 9.10. The molecule has 1 saturated heterocycles. The van der Waals surface area contributed by atoms with Gasteiger partial charge in [-0.15, -0.1) is 0 Å². The van der Waals surface area contributed by atoms with Crippen molar-refractivity contribution in [2.24, 2.45) is 0 Å². The van der Waals surface area contributed by atoms with E-state index in [1.54, 1.807) is 15.9 Å². The molecule has 1 aromatic heterocycles. The molecule has 2 N–H and O–H groups in total. The first-order chi connectivity index (χ1) is 16.7. The van der Waals surface area contributed by atoms with Crippen molar-refractivity contribution in [3.05, 3.63) is 88.6 Å². The second-order valence-electron chi connectivity index (χ2n) is 9.10. The average Bonchev–Trinajstić information content (AvgIpc) is 3.22. The molecular formula is C26H27FN6O2. The van der Waals surface area contributed by atoms with E-state index >= 15 is 4.39 Å². The van der Waals surface area contributed by atoms with E-state index in [0.29, 0.717) is 30.2 Å². The van der Waals surface area contributed by atoms with E-state index in [0.717, 1.165) is 6.21 Å². The number of allylic oxidation sites excluding steroid dienone is 1. The van der Waals surface area contributed by atoms with Gasteiger partial charge in [0.25, 0.3) is 0 Å². The third-order valence-corrected chi connectivity index (χ3v) is 5.67. The largest absolute Gasteiger partial charge is 0.354 e. The summed E-state index contributed by atoms with van der Waals surface area (Å²) >= 11 is 0. The number of anilines is 2. The quantitative estimate of drug-likeness (QED) is 0.514. The summed E-state index contributed by atoms with van der Waals surface area (Å²) < 4.78 is 16.5. The predicted molar refractivity (Wildman–Crippen MR) is 136 cm³/mol. The molecule has 0 atom stereocenters. The number of hydrogen-bond acceptors (Lipinski definition) is 5. The number of hydrogen-bond donors (Lipinski definition) is 2. The minimum atomic E-state index is -0.583. The number of benzene rings is 2. The number of nitrogens with one attached hydrogen (secondary N) is 2. The van der Waals surface area contributed by atoms with Gasteiger partial charge in [-0.1, -0.05) is 18.2 Å². The van der Waals surface area contributed by atoms with Crippen LogP contribution < -0.4 is 15.6 Å². The fourth-order valence-corrected chi connectivity index (χ4v) is 3.92. The van der Waals surface area contributed by atoms with Crippen LogP contribution in [0.5, 0.6) is 0 Å². The predicted octanol–water partition coefficient (Wildman–Crippen LogP) is 4.51. The topological polar surface area (TPSA) is 94.3 Å². The molecule has 180 valence electrons. The summed E-state index contributed by atoms with van der Waals surface area (Å²) in [5.41, 5.74) is 0.955. The van der Waals surface area contributed by atoms with Crippen LogP contribution in [-0.4, -0.2) is 45.6 Å². The number of carbonyl (C=O) groups is 1. The molecule has 0 spiro atoms. The smallest absolute Gasteiger partial charge is 0.325 e. The van der Waals surface area contributed by atoms with Gasteiger partial charge >= 0.3 is 6.03 Å². The van der Waals surface area contributed by atoms with E-state index in [-0.39, 0.29) is 28.4 Å². The highest BCUT2D eigenvalue weighted by molar-refractivity contribution is 5.94. The molecule has 9 heteroatoms. The summed E-state index contributed by atoms with van der Waals surface area (Å²) in [5.74, 6) is -0.583. The van der Waals surface area contributed by atoms with Crippen molar-refractivity contribution in [2.45, 2.75) is 26.3 Å². The number of aromatic nitrogens is 2. The minimum absolute atomic E-state index is 0.0406. The molecule has 1 aliphatic heterocycles. The zero-order valence-corrected chi connectivity index (χ0v) is 19.8. The number of para-hydroxylation sites is 1. The molecule has 0 saturated carbocycles. The Labute approximate surface area is 202 Å². The van der Waals surface area contributed by atoms with Crippen LogP contribution in [0.4, 0.5) is 20.6 Å². The normalized spacial score (nSPS) is 14.4. The lowest BCUT2D eigenvalue weighted by Gasteiger charge is -2.31. The zero-order chi connectivity index (χ0) is 25.2. The lowest BCUT2D eigenvalue weighted by Crippen LogP contribution is -2.44. The van der Waals surface area contributed by atoms with E-state index < -0.39 is 5.82 Å². The Kier molecular flexibility index (Phi) is 6.50. The monoisotopic (exact) mass is 474 g/mol. The van der Waals surface area contributed by atoms with Gasteiger partial charge in [0, 0.05) is 48.5 Å². The number of urea groups is 1. The Morgan fingerprint density at radius 1 is 1.09 bits per heavy atom. The molecule has 1 aliphatic rings. The Morgan fingerprint density at radius 3 is 2.46 bits per heavy atom. The summed E-state index contributed by atoms with van der Waals surface area (Å²) in [7, 11) is 0. The first-order valence-corrected chi connectivity index (χ1v) is 11.2. The third kappa shape index (κ3) is 4.98. The Bertz CT molecular complexity index is 1340. The van der Waals surface area contributed by atoms with Crippen LogP contribution in [0, 0.1) is 11.2 Å². The van der Waals surface area contributed by atoms with Crippen molar-refractivity contribution in [1.29, 1.82) is 5.41 Å². The molecule has 1 fully saturated rings. The van der Waals surface area contributed by atoms with Gasteiger partial charge in [0.05, 0.1) is 5.70 Å². The fraction of sp³-hybridized carbons (Fsp3) is 0.231. The summed E-state index contributed by atoms with van der Waals surface area (Å²) in [6, 6.07) is 14.8. The Morgan fingerprint density at radius 2 is 1.83 bits per heavy atom. The summed E-state index contributed by atoms with van der Waals surface area (Å²) in [6.07, 6.45) is 3.85. The van der Waals surface area contributed by atoms with E-state index in [4.69, 9.17) is 5.41 Å². The van der Waals surface area contributed by atoms with E-state index in [9.17, 15) is 9.59 Å². The van der Waals surface area contributed by atoms with Crippen molar-refractivity contribution in [3.63, 3.8) is 0 Å². The highest BCUT2D eigenvalue weighted by Gasteiger charge is 2.36. The number of carbonyl (C=O) groups excluding carboxylic acids is 1. The maximum Gasteiger partial charge on any atom is 0.325 e. The van der Waals surface area contributed by atoms with E-state index in [1.807, 2.05) is 51.1 Å². The molecule has 2 aromatic carbocycles. The van der Waals surface area contributed by atoms with Crippen molar-refractivity contribution in [2.75, 3.05) is 23.3 Å². The Hall–Kier alpha value is -4.27. The molecule has 2 heterocycles. The van der Waals surface area contributed by atoms with Gasteiger partial charge in [-0.2, -0.15) is 5.10 Å². The lowest BCUT2D eigenvalue weighted by molar-refractivity contribution is 0.173. The van der Waals surface area contributed by atoms with E-state index in [1.165, 1.54) is 35.2 Å². The van der Waals surface area contributed by atoms with Crippen molar-refractivity contribution in [1.82, 2.24) is 14.7 Å². The van der Waals surface area contributed by atoms with Crippen LogP contribution >= 0.6 is 0 Å². The summed E-state index contributed by atoms with van der Waals surface area (Å²) in [4.78, 5) is 28.7. The maximum atomic E-state index is 15.2. The Balaban J connectivity index is 1.65. The SMILES string of the molecule is CC(C)(C)N1CCN(c2ccc(-n3ccc(=O)c(/C(=C/C=N)Nc4ccccc4)n3)c(F)c2)C1=O. The second kappa shape index (κ2) is 9.54. The van der Waals surface area contributed by atoms with Gasteiger partial charge in [0.2, 0.25) is 5.43 Å². The number of rotatable bonds is 6. The molecule has 0 aliphatic carbocycles. The molecule has 8 nitrogen and oxygen atoms in total. The molecular weight excluding hydrogens is 447 g/mol. The maximum absolute atomic E-state index is 15.2. The highest BCUT2D eigenvalue weighted by Crippen LogP contribution is 2.28.